The summed E-state index contributed by atoms with van der Waals surface area (Å²) >= 11 is 0. The van der Waals surface area contributed by atoms with E-state index < -0.39 is 0 Å². The first-order chi connectivity index (χ1) is 14.9. The molecule has 3 heterocycles. The number of rotatable bonds is 3. The molecular formula is C27H30N2O2. The van der Waals surface area contributed by atoms with Gasteiger partial charge in [-0.1, -0.05) is 32.0 Å². The number of anilines is 1. The molecule has 2 aromatic heterocycles. The average molecular weight is 415 g/mol. The summed E-state index contributed by atoms with van der Waals surface area (Å²) < 4.78 is 12.8. The van der Waals surface area contributed by atoms with Crippen molar-refractivity contribution in [3.8, 4) is 0 Å². The van der Waals surface area contributed by atoms with Crippen LogP contribution >= 0.6 is 0 Å². The van der Waals surface area contributed by atoms with Gasteiger partial charge in [0.1, 0.15) is 5.58 Å². The molecular weight excluding hydrogens is 384 g/mol. The van der Waals surface area contributed by atoms with Crippen LogP contribution in [0.15, 0.2) is 53.1 Å². The van der Waals surface area contributed by atoms with E-state index in [1.807, 2.05) is 6.07 Å². The molecule has 0 saturated carbocycles. The second-order valence-electron chi connectivity index (χ2n) is 9.24. The van der Waals surface area contributed by atoms with Crippen LogP contribution in [0.3, 0.4) is 0 Å². The minimum atomic E-state index is -0.115. The second kappa shape index (κ2) is 7.38. The molecule has 4 nitrogen and oxygen atoms in total. The number of benzene rings is 2. The molecule has 1 fully saturated rings. The van der Waals surface area contributed by atoms with Gasteiger partial charge < -0.3 is 14.1 Å². The molecule has 3 atom stereocenters. The third kappa shape index (κ3) is 3.12. The molecule has 31 heavy (non-hydrogen) atoms. The predicted octanol–water partition coefficient (Wildman–Crippen LogP) is 6.85. The van der Waals surface area contributed by atoms with Crippen molar-refractivity contribution in [3.05, 3.63) is 70.9 Å². The normalized spacial score (nSPS) is 21.6. The highest BCUT2D eigenvalue weighted by Crippen LogP contribution is 2.45. The van der Waals surface area contributed by atoms with Gasteiger partial charge in [-0.25, -0.2) is 4.98 Å². The van der Waals surface area contributed by atoms with Crippen LogP contribution < -0.4 is 4.90 Å². The summed E-state index contributed by atoms with van der Waals surface area (Å²) in [6.45, 7) is 13.3. The molecule has 2 unspecified atom stereocenters. The highest BCUT2D eigenvalue weighted by Gasteiger charge is 2.43. The van der Waals surface area contributed by atoms with Gasteiger partial charge in [0, 0.05) is 28.2 Å². The van der Waals surface area contributed by atoms with Crippen molar-refractivity contribution >= 4 is 27.8 Å². The van der Waals surface area contributed by atoms with Crippen LogP contribution in [0.1, 0.15) is 49.3 Å². The lowest BCUT2D eigenvalue weighted by Crippen LogP contribution is -2.36. The number of hydrogen-bond acceptors (Lipinski definition) is 4. The topological polar surface area (TPSA) is 38.5 Å². The van der Waals surface area contributed by atoms with E-state index in [1.54, 1.807) is 6.20 Å². The second-order valence-corrected chi connectivity index (χ2v) is 9.24. The van der Waals surface area contributed by atoms with E-state index in [-0.39, 0.29) is 18.4 Å². The number of pyridine rings is 1. The van der Waals surface area contributed by atoms with Gasteiger partial charge in [0.25, 0.3) is 0 Å². The first kappa shape index (κ1) is 20.1. The molecule has 0 amide bonds. The van der Waals surface area contributed by atoms with Gasteiger partial charge in [0.05, 0.1) is 12.1 Å². The number of ether oxygens (including phenoxy) is 1. The third-order valence-electron chi connectivity index (χ3n) is 6.74. The zero-order valence-electron chi connectivity index (χ0n) is 19.1. The van der Waals surface area contributed by atoms with Crippen LogP contribution in [0.5, 0.6) is 0 Å². The van der Waals surface area contributed by atoms with Gasteiger partial charge in [-0.05, 0) is 74.6 Å². The van der Waals surface area contributed by atoms with Gasteiger partial charge in [-0.15, -0.1) is 0 Å². The van der Waals surface area contributed by atoms with Crippen molar-refractivity contribution in [3.63, 3.8) is 0 Å². The average Bonchev–Trinajstić information content (AvgIpc) is 3.24. The van der Waals surface area contributed by atoms with E-state index in [9.17, 15) is 0 Å². The fraction of sp³-hybridized carbons (Fsp3) is 0.370. The molecule has 1 aliphatic heterocycles. The van der Waals surface area contributed by atoms with Crippen molar-refractivity contribution in [1.29, 1.82) is 0 Å². The third-order valence-corrected chi connectivity index (χ3v) is 6.74. The zero-order valence-corrected chi connectivity index (χ0v) is 19.1. The Kier molecular flexibility index (Phi) is 4.78. The summed E-state index contributed by atoms with van der Waals surface area (Å²) in [5.41, 5.74) is 7.75. The SMILES string of the molecule is Cc1cc2oc3ncccc3c2cc1N1C(c2c(C)cccc2C)OC(C(C)C)[C@@H]1C. The molecule has 4 aromatic rings. The van der Waals surface area contributed by atoms with Crippen LogP contribution in [0.2, 0.25) is 0 Å². The highest BCUT2D eigenvalue weighted by atomic mass is 16.5. The van der Waals surface area contributed by atoms with Crippen LogP contribution in [0.4, 0.5) is 5.69 Å². The molecule has 160 valence electrons. The van der Waals surface area contributed by atoms with E-state index in [0.717, 1.165) is 16.4 Å². The smallest absolute Gasteiger partial charge is 0.227 e. The summed E-state index contributed by atoms with van der Waals surface area (Å²) in [6, 6.07) is 15.2. The van der Waals surface area contributed by atoms with E-state index in [4.69, 9.17) is 9.15 Å². The Bertz CT molecular complexity index is 1250. The molecule has 1 saturated heterocycles. The molecule has 0 aliphatic carbocycles. The van der Waals surface area contributed by atoms with Crippen molar-refractivity contribution in [2.75, 3.05) is 4.90 Å². The Labute approximate surface area is 183 Å². The molecule has 5 rings (SSSR count). The van der Waals surface area contributed by atoms with Crippen LogP contribution in [-0.4, -0.2) is 17.1 Å². The summed E-state index contributed by atoms with van der Waals surface area (Å²) in [6.07, 6.45) is 1.82. The molecule has 0 N–H and O–H groups in total. The first-order valence-corrected chi connectivity index (χ1v) is 11.1. The van der Waals surface area contributed by atoms with E-state index in [2.05, 4.69) is 87.8 Å². The van der Waals surface area contributed by atoms with E-state index >= 15 is 0 Å². The minimum Gasteiger partial charge on any atom is -0.438 e. The molecule has 0 radical (unpaired) electrons. The van der Waals surface area contributed by atoms with E-state index in [1.165, 1.54) is 27.9 Å². The maximum absolute atomic E-state index is 6.78. The van der Waals surface area contributed by atoms with E-state index in [0.29, 0.717) is 11.6 Å². The Balaban J connectivity index is 1.72. The number of hydrogen-bond donors (Lipinski definition) is 0. The van der Waals surface area contributed by atoms with Crippen LogP contribution in [0, 0.1) is 26.7 Å². The molecule has 0 spiro atoms. The number of aromatic nitrogens is 1. The molecule has 2 aromatic carbocycles. The highest BCUT2D eigenvalue weighted by molar-refractivity contribution is 6.05. The Morgan fingerprint density at radius 2 is 1.68 bits per heavy atom. The van der Waals surface area contributed by atoms with Gasteiger partial charge in [0.2, 0.25) is 5.71 Å². The summed E-state index contributed by atoms with van der Waals surface area (Å²) in [4.78, 5) is 6.88. The molecule has 0 bridgehead atoms. The lowest BCUT2D eigenvalue weighted by atomic mass is 9.97. The summed E-state index contributed by atoms with van der Waals surface area (Å²) in [5, 5.41) is 2.15. The maximum atomic E-state index is 6.78. The Hall–Kier alpha value is -2.85. The largest absolute Gasteiger partial charge is 0.438 e. The molecule has 1 aliphatic rings. The van der Waals surface area contributed by atoms with Crippen molar-refractivity contribution in [2.45, 2.75) is 59.9 Å². The number of furan rings is 1. The fourth-order valence-corrected chi connectivity index (χ4v) is 5.21. The first-order valence-electron chi connectivity index (χ1n) is 11.1. The standard InChI is InChI=1S/C27H30N2O2/c1-15(2)25-19(6)29(27(31-25)24-16(3)9-7-10-17(24)4)22-14-21-20-11-8-12-28-26(20)30-23(21)13-18(22)5/h7-15,19,25,27H,1-6H3/t19-,25?,27?/m0/s1. The van der Waals surface area contributed by atoms with Crippen LogP contribution in [0.25, 0.3) is 22.1 Å². The van der Waals surface area contributed by atoms with Crippen molar-refractivity contribution in [1.82, 2.24) is 4.98 Å². The van der Waals surface area contributed by atoms with Gasteiger partial charge in [-0.3, -0.25) is 0 Å². The fourth-order valence-electron chi connectivity index (χ4n) is 5.21. The lowest BCUT2D eigenvalue weighted by Gasteiger charge is -2.32. The van der Waals surface area contributed by atoms with Gasteiger partial charge in [-0.2, -0.15) is 0 Å². The zero-order chi connectivity index (χ0) is 21.9. The number of aryl methyl sites for hydroxylation is 3. The molecule has 4 heteroatoms. The monoisotopic (exact) mass is 414 g/mol. The quantitative estimate of drug-likeness (QED) is 0.367. The summed E-state index contributed by atoms with van der Waals surface area (Å²) in [7, 11) is 0. The minimum absolute atomic E-state index is 0.115. The Morgan fingerprint density at radius 1 is 0.935 bits per heavy atom. The Morgan fingerprint density at radius 3 is 2.39 bits per heavy atom. The predicted molar refractivity (Wildman–Crippen MR) is 127 cm³/mol. The van der Waals surface area contributed by atoms with Crippen molar-refractivity contribution in [2.24, 2.45) is 5.92 Å². The summed E-state index contributed by atoms with van der Waals surface area (Å²) in [5.74, 6) is 0.426. The maximum Gasteiger partial charge on any atom is 0.227 e. The van der Waals surface area contributed by atoms with Gasteiger partial charge >= 0.3 is 0 Å². The van der Waals surface area contributed by atoms with Crippen LogP contribution in [-0.2, 0) is 4.74 Å². The lowest BCUT2D eigenvalue weighted by molar-refractivity contribution is 0.0154. The van der Waals surface area contributed by atoms with Gasteiger partial charge in [0.15, 0.2) is 6.23 Å². The van der Waals surface area contributed by atoms with Crippen molar-refractivity contribution < 1.29 is 9.15 Å². The number of fused-ring (bicyclic) bond motifs is 3. The number of nitrogens with zero attached hydrogens (tertiary/aromatic N) is 2.